The molecule has 1 fully saturated rings. The number of nitrogens with one attached hydrogen (secondary N) is 1. The van der Waals surface area contributed by atoms with Crippen LogP contribution in [-0.2, 0) is 0 Å². The Hall–Kier alpha value is -0.800. The van der Waals surface area contributed by atoms with Gasteiger partial charge in [0.1, 0.15) is 0 Å². The molecule has 2 aromatic rings. The predicted molar refractivity (Wildman–Crippen MR) is 79.7 cm³/mol. The molecule has 0 amide bonds. The Morgan fingerprint density at radius 3 is 2.94 bits per heavy atom. The number of anilines is 1. The van der Waals surface area contributed by atoms with Gasteiger partial charge in [0.25, 0.3) is 0 Å². The maximum atomic E-state index is 6.00. The highest BCUT2D eigenvalue weighted by molar-refractivity contribution is 7.22. The first kappa shape index (κ1) is 12.2. The Morgan fingerprint density at radius 1 is 1.39 bits per heavy atom. The molecular formula is C14H17ClN2S. The van der Waals surface area contributed by atoms with Crippen LogP contribution in [0.3, 0.4) is 0 Å². The van der Waals surface area contributed by atoms with Crippen molar-refractivity contribution in [1.82, 2.24) is 4.98 Å². The first-order valence-corrected chi connectivity index (χ1v) is 7.74. The van der Waals surface area contributed by atoms with Crippen LogP contribution in [0.15, 0.2) is 18.2 Å². The average molecular weight is 281 g/mol. The van der Waals surface area contributed by atoms with E-state index in [-0.39, 0.29) is 0 Å². The van der Waals surface area contributed by atoms with Gasteiger partial charge in [-0.1, -0.05) is 35.8 Å². The van der Waals surface area contributed by atoms with Gasteiger partial charge in [-0.05, 0) is 43.9 Å². The van der Waals surface area contributed by atoms with Gasteiger partial charge in [-0.25, -0.2) is 4.98 Å². The number of nitrogens with zero attached hydrogens (tertiary/aromatic N) is 1. The molecule has 1 aromatic heterocycles. The largest absolute Gasteiger partial charge is 0.359 e. The molecule has 1 atom stereocenters. The van der Waals surface area contributed by atoms with Crippen molar-refractivity contribution in [3.63, 3.8) is 0 Å². The summed E-state index contributed by atoms with van der Waals surface area (Å²) in [5.41, 5.74) is 1.03. The molecule has 18 heavy (non-hydrogen) atoms. The number of benzene rings is 1. The van der Waals surface area contributed by atoms with Crippen LogP contribution in [0.25, 0.3) is 10.2 Å². The van der Waals surface area contributed by atoms with Gasteiger partial charge in [0, 0.05) is 11.1 Å². The van der Waals surface area contributed by atoms with E-state index in [2.05, 4.69) is 17.2 Å². The second-order valence-electron chi connectivity index (χ2n) is 5.11. The van der Waals surface area contributed by atoms with Crippen LogP contribution >= 0.6 is 22.9 Å². The maximum absolute atomic E-state index is 6.00. The van der Waals surface area contributed by atoms with Crippen molar-refractivity contribution >= 4 is 38.3 Å². The topological polar surface area (TPSA) is 24.9 Å². The van der Waals surface area contributed by atoms with E-state index in [0.29, 0.717) is 6.04 Å². The summed E-state index contributed by atoms with van der Waals surface area (Å²) in [5, 5.41) is 5.36. The van der Waals surface area contributed by atoms with Gasteiger partial charge in [-0.3, -0.25) is 0 Å². The molecule has 0 bridgehead atoms. The summed E-state index contributed by atoms with van der Waals surface area (Å²) in [5.74, 6) is 0.806. The molecule has 0 saturated heterocycles. The Kier molecular flexibility index (Phi) is 3.44. The molecule has 0 aliphatic heterocycles. The van der Waals surface area contributed by atoms with Crippen molar-refractivity contribution in [2.24, 2.45) is 5.92 Å². The smallest absolute Gasteiger partial charge is 0.184 e. The first-order chi connectivity index (χ1) is 8.72. The summed E-state index contributed by atoms with van der Waals surface area (Å²) < 4.78 is 1.16. The van der Waals surface area contributed by atoms with E-state index in [1.54, 1.807) is 11.3 Å². The Labute approximate surface area is 116 Å². The molecule has 1 aliphatic carbocycles. The SMILES string of the molecule is CC(Nc1nc2ccc(Cl)cc2s1)C1CCCC1. The minimum Gasteiger partial charge on any atom is -0.359 e. The zero-order valence-electron chi connectivity index (χ0n) is 10.4. The van der Waals surface area contributed by atoms with Crippen molar-refractivity contribution in [2.45, 2.75) is 38.6 Å². The van der Waals surface area contributed by atoms with Crippen molar-refractivity contribution < 1.29 is 0 Å². The van der Waals surface area contributed by atoms with Crippen molar-refractivity contribution in [3.8, 4) is 0 Å². The van der Waals surface area contributed by atoms with Crippen LogP contribution in [0.4, 0.5) is 5.13 Å². The quantitative estimate of drug-likeness (QED) is 0.861. The second-order valence-corrected chi connectivity index (χ2v) is 6.58. The molecule has 1 unspecified atom stereocenters. The van der Waals surface area contributed by atoms with Crippen molar-refractivity contribution in [2.75, 3.05) is 5.32 Å². The van der Waals surface area contributed by atoms with Crippen LogP contribution in [-0.4, -0.2) is 11.0 Å². The summed E-state index contributed by atoms with van der Waals surface area (Å²) in [4.78, 5) is 4.61. The van der Waals surface area contributed by atoms with E-state index in [0.717, 1.165) is 26.3 Å². The minimum absolute atomic E-state index is 0.517. The maximum Gasteiger partial charge on any atom is 0.184 e. The lowest BCUT2D eigenvalue weighted by atomic mass is 10.0. The Balaban J connectivity index is 1.77. The third-order valence-corrected chi connectivity index (χ3v) is 4.99. The number of rotatable bonds is 3. The van der Waals surface area contributed by atoms with Gasteiger partial charge in [0.2, 0.25) is 0 Å². The van der Waals surface area contributed by atoms with E-state index in [1.807, 2.05) is 18.2 Å². The Bertz CT molecular complexity index is 546. The standard InChI is InChI=1S/C14H17ClN2S/c1-9(10-4-2-3-5-10)16-14-17-12-7-6-11(15)8-13(12)18-14/h6-10H,2-5H2,1H3,(H,16,17). The van der Waals surface area contributed by atoms with Crippen molar-refractivity contribution in [1.29, 1.82) is 0 Å². The Morgan fingerprint density at radius 2 is 2.17 bits per heavy atom. The molecule has 1 N–H and O–H groups in total. The molecule has 0 radical (unpaired) electrons. The molecule has 0 spiro atoms. The van der Waals surface area contributed by atoms with Crippen LogP contribution in [0.1, 0.15) is 32.6 Å². The fraction of sp³-hybridized carbons (Fsp3) is 0.500. The summed E-state index contributed by atoms with van der Waals surface area (Å²) in [6, 6.07) is 6.39. The van der Waals surface area contributed by atoms with Gasteiger partial charge in [0.15, 0.2) is 5.13 Å². The molecule has 4 heteroatoms. The minimum atomic E-state index is 0.517. The first-order valence-electron chi connectivity index (χ1n) is 6.55. The van der Waals surface area contributed by atoms with Crippen LogP contribution in [0, 0.1) is 5.92 Å². The molecule has 2 nitrogen and oxygen atoms in total. The number of thiazole rings is 1. The molecule has 1 aliphatic rings. The van der Waals surface area contributed by atoms with Gasteiger partial charge in [0.05, 0.1) is 10.2 Å². The predicted octanol–water partition coefficient (Wildman–Crippen LogP) is 4.94. The van der Waals surface area contributed by atoms with E-state index in [4.69, 9.17) is 11.6 Å². The van der Waals surface area contributed by atoms with Crippen LogP contribution in [0.5, 0.6) is 0 Å². The summed E-state index contributed by atoms with van der Waals surface area (Å²) in [6.07, 6.45) is 5.47. The van der Waals surface area contributed by atoms with Gasteiger partial charge in [-0.2, -0.15) is 0 Å². The molecule has 96 valence electrons. The number of hydrogen-bond acceptors (Lipinski definition) is 3. The zero-order valence-corrected chi connectivity index (χ0v) is 12.0. The second kappa shape index (κ2) is 5.06. The molecule has 1 aromatic carbocycles. The monoisotopic (exact) mass is 280 g/mol. The molecular weight excluding hydrogens is 264 g/mol. The lowest BCUT2D eigenvalue weighted by Gasteiger charge is -2.19. The normalized spacial score (nSPS) is 18.3. The van der Waals surface area contributed by atoms with Crippen LogP contribution in [0.2, 0.25) is 5.02 Å². The fourth-order valence-electron chi connectivity index (χ4n) is 2.73. The third kappa shape index (κ3) is 2.47. The van der Waals surface area contributed by atoms with Gasteiger partial charge in [-0.15, -0.1) is 0 Å². The van der Waals surface area contributed by atoms with Gasteiger partial charge >= 0.3 is 0 Å². The number of aromatic nitrogens is 1. The highest BCUT2D eigenvalue weighted by atomic mass is 35.5. The number of fused-ring (bicyclic) bond motifs is 1. The lowest BCUT2D eigenvalue weighted by molar-refractivity contribution is 0.482. The average Bonchev–Trinajstić information content (AvgIpc) is 2.95. The highest BCUT2D eigenvalue weighted by Crippen LogP contribution is 2.32. The fourth-order valence-corrected chi connectivity index (χ4v) is 3.97. The van der Waals surface area contributed by atoms with Crippen LogP contribution < -0.4 is 5.32 Å². The third-order valence-electron chi connectivity index (χ3n) is 3.81. The molecule has 3 rings (SSSR count). The number of halogens is 1. The van der Waals surface area contributed by atoms with E-state index >= 15 is 0 Å². The van der Waals surface area contributed by atoms with E-state index < -0.39 is 0 Å². The van der Waals surface area contributed by atoms with E-state index in [1.165, 1.54) is 25.7 Å². The highest BCUT2D eigenvalue weighted by Gasteiger charge is 2.22. The van der Waals surface area contributed by atoms with Gasteiger partial charge < -0.3 is 5.32 Å². The lowest BCUT2D eigenvalue weighted by Crippen LogP contribution is -2.23. The summed E-state index contributed by atoms with van der Waals surface area (Å²) in [6.45, 7) is 2.27. The summed E-state index contributed by atoms with van der Waals surface area (Å²) in [7, 11) is 0. The van der Waals surface area contributed by atoms with Crippen molar-refractivity contribution in [3.05, 3.63) is 23.2 Å². The zero-order chi connectivity index (χ0) is 12.5. The molecule has 1 saturated carbocycles. The molecule has 1 heterocycles. The summed E-state index contributed by atoms with van der Waals surface area (Å²) >= 11 is 7.69. The van der Waals surface area contributed by atoms with E-state index in [9.17, 15) is 0 Å². The number of hydrogen-bond donors (Lipinski definition) is 1.